The predicted molar refractivity (Wildman–Crippen MR) is 88.8 cm³/mol. The van der Waals surface area contributed by atoms with Crippen LogP contribution in [0.3, 0.4) is 0 Å². The van der Waals surface area contributed by atoms with Gasteiger partial charge in [0.1, 0.15) is 11.5 Å². The molecule has 1 atom stereocenters. The molecule has 1 aromatic carbocycles. The van der Waals surface area contributed by atoms with Crippen molar-refractivity contribution in [1.82, 2.24) is 5.32 Å². The SMILES string of the molecule is CCCNC(c1ccc(OCCC)c(Br)c1)c1ccco1. The van der Waals surface area contributed by atoms with E-state index in [0.717, 1.165) is 47.5 Å². The lowest BCUT2D eigenvalue weighted by molar-refractivity contribution is 0.315. The van der Waals surface area contributed by atoms with Gasteiger partial charge in [-0.1, -0.05) is 19.9 Å². The Labute approximate surface area is 134 Å². The summed E-state index contributed by atoms with van der Waals surface area (Å²) in [7, 11) is 0. The van der Waals surface area contributed by atoms with E-state index in [4.69, 9.17) is 9.15 Å². The molecule has 0 radical (unpaired) electrons. The van der Waals surface area contributed by atoms with Gasteiger partial charge in [-0.2, -0.15) is 0 Å². The van der Waals surface area contributed by atoms with E-state index in [2.05, 4.69) is 47.2 Å². The van der Waals surface area contributed by atoms with Crippen LogP contribution in [-0.2, 0) is 0 Å². The Morgan fingerprint density at radius 2 is 2.10 bits per heavy atom. The molecule has 0 spiro atoms. The van der Waals surface area contributed by atoms with Crippen molar-refractivity contribution in [3.63, 3.8) is 0 Å². The maximum atomic E-state index is 5.70. The van der Waals surface area contributed by atoms with Crippen molar-refractivity contribution < 1.29 is 9.15 Å². The molecule has 0 saturated carbocycles. The van der Waals surface area contributed by atoms with E-state index in [0.29, 0.717) is 0 Å². The van der Waals surface area contributed by atoms with E-state index in [-0.39, 0.29) is 6.04 Å². The van der Waals surface area contributed by atoms with Gasteiger partial charge < -0.3 is 14.5 Å². The normalized spacial score (nSPS) is 12.3. The minimum absolute atomic E-state index is 0.0662. The third-order valence-corrected chi connectivity index (χ3v) is 3.80. The van der Waals surface area contributed by atoms with Crippen LogP contribution < -0.4 is 10.1 Å². The molecule has 1 aromatic heterocycles. The van der Waals surface area contributed by atoms with E-state index in [1.165, 1.54) is 0 Å². The van der Waals surface area contributed by atoms with Gasteiger partial charge in [-0.15, -0.1) is 0 Å². The molecule has 0 saturated heterocycles. The summed E-state index contributed by atoms with van der Waals surface area (Å²) in [6.45, 7) is 5.93. The zero-order valence-electron chi connectivity index (χ0n) is 12.6. The van der Waals surface area contributed by atoms with E-state index in [9.17, 15) is 0 Å². The van der Waals surface area contributed by atoms with Crippen LogP contribution in [0.25, 0.3) is 0 Å². The van der Waals surface area contributed by atoms with Crippen LogP contribution in [0.15, 0.2) is 45.5 Å². The molecule has 114 valence electrons. The Bertz CT molecular complexity index is 540. The van der Waals surface area contributed by atoms with Gasteiger partial charge >= 0.3 is 0 Å². The first-order valence-electron chi connectivity index (χ1n) is 7.45. The standard InChI is InChI=1S/C17H22BrNO2/c1-3-9-19-17(16-6-5-11-21-16)13-7-8-15(14(18)12-13)20-10-4-2/h5-8,11-12,17,19H,3-4,9-10H2,1-2H3. The van der Waals surface area contributed by atoms with Crippen molar-refractivity contribution in [1.29, 1.82) is 0 Å². The third kappa shape index (κ3) is 4.35. The summed E-state index contributed by atoms with van der Waals surface area (Å²) in [4.78, 5) is 0. The van der Waals surface area contributed by atoms with Crippen molar-refractivity contribution in [2.75, 3.05) is 13.2 Å². The quantitative estimate of drug-likeness (QED) is 0.732. The molecule has 2 aromatic rings. The minimum atomic E-state index is 0.0662. The van der Waals surface area contributed by atoms with Crippen molar-refractivity contribution >= 4 is 15.9 Å². The lowest BCUT2D eigenvalue weighted by atomic mass is 10.0. The Kier molecular flexibility index (Phi) is 6.33. The smallest absolute Gasteiger partial charge is 0.133 e. The number of hydrogen-bond donors (Lipinski definition) is 1. The topological polar surface area (TPSA) is 34.4 Å². The number of benzene rings is 1. The first kappa shape index (κ1) is 16.1. The zero-order chi connectivity index (χ0) is 15.1. The molecule has 0 aliphatic rings. The van der Waals surface area contributed by atoms with Crippen LogP contribution in [0.1, 0.15) is 44.1 Å². The maximum Gasteiger partial charge on any atom is 0.133 e. The lowest BCUT2D eigenvalue weighted by Gasteiger charge is -2.18. The molecule has 21 heavy (non-hydrogen) atoms. The van der Waals surface area contributed by atoms with Crippen molar-refractivity contribution in [2.45, 2.75) is 32.7 Å². The zero-order valence-corrected chi connectivity index (χ0v) is 14.2. The van der Waals surface area contributed by atoms with Crippen molar-refractivity contribution in [3.8, 4) is 5.75 Å². The summed E-state index contributed by atoms with van der Waals surface area (Å²) in [5, 5.41) is 3.52. The molecule has 0 amide bonds. The van der Waals surface area contributed by atoms with E-state index >= 15 is 0 Å². The van der Waals surface area contributed by atoms with Gasteiger partial charge in [0, 0.05) is 0 Å². The Morgan fingerprint density at radius 3 is 2.71 bits per heavy atom. The summed E-state index contributed by atoms with van der Waals surface area (Å²) < 4.78 is 12.3. The summed E-state index contributed by atoms with van der Waals surface area (Å²) in [5.41, 5.74) is 1.16. The van der Waals surface area contributed by atoms with Crippen LogP contribution in [0.5, 0.6) is 5.75 Å². The van der Waals surface area contributed by atoms with Gasteiger partial charge in [0.05, 0.1) is 23.4 Å². The number of rotatable bonds is 8. The van der Waals surface area contributed by atoms with E-state index in [1.54, 1.807) is 6.26 Å². The summed E-state index contributed by atoms with van der Waals surface area (Å²) in [6, 6.07) is 10.2. The first-order valence-corrected chi connectivity index (χ1v) is 8.24. The molecule has 3 nitrogen and oxygen atoms in total. The number of hydrogen-bond acceptors (Lipinski definition) is 3. The minimum Gasteiger partial charge on any atom is -0.492 e. The number of ether oxygens (including phenoxy) is 1. The summed E-state index contributed by atoms with van der Waals surface area (Å²) in [6.07, 6.45) is 3.79. The fraction of sp³-hybridized carbons (Fsp3) is 0.412. The van der Waals surface area contributed by atoms with Crippen molar-refractivity contribution in [2.24, 2.45) is 0 Å². The molecule has 1 unspecified atom stereocenters. The highest BCUT2D eigenvalue weighted by Gasteiger charge is 2.17. The Balaban J connectivity index is 2.21. The second-order valence-corrected chi connectivity index (χ2v) is 5.80. The second kappa shape index (κ2) is 8.25. The van der Waals surface area contributed by atoms with Crippen LogP contribution >= 0.6 is 15.9 Å². The van der Waals surface area contributed by atoms with Crippen LogP contribution in [0.2, 0.25) is 0 Å². The highest BCUT2D eigenvalue weighted by atomic mass is 79.9. The van der Waals surface area contributed by atoms with E-state index in [1.807, 2.05) is 18.2 Å². The molecule has 1 N–H and O–H groups in total. The average molecular weight is 352 g/mol. The fourth-order valence-electron chi connectivity index (χ4n) is 2.15. The maximum absolute atomic E-state index is 5.70. The van der Waals surface area contributed by atoms with Gasteiger partial charge in [-0.25, -0.2) is 0 Å². The van der Waals surface area contributed by atoms with Crippen molar-refractivity contribution in [3.05, 3.63) is 52.4 Å². The molecule has 0 aliphatic carbocycles. The van der Waals surface area contributed by atoms with Gasteiger partial charge in [0.25, 0.3) is 0 Å². The van der Waals surface area contributed by atoms with E-state index < -0.39 is 0 Å². The number of nitrogens with one attached hydrogen (secondary N) is 1. The summed E-state index contributed by atoms with van der Waals surface area (Å²) in [5.74, 6) is 1.81. The summed E-state index contributed by atoms with van der Waals surface area (Å²) >= 11 is 3.59. The second-order valence-electron chi connectivity index (χ2n) is 4.94. The Hall–Kier alpha value is -1.26. The van der Waals surface area contributed by atoms with Crippen LogP contribution in [0.4, 0.5) is 0 Å². The third-order valence-electron chi connectivity index (χ3n) is 3.18. The number of furan rings is 1. The highest BCUT2D eigenvalue weighted by molar-refractivity contribution is 9.10. The van der Waals surface area contributed by atoms with Crippen LogP contribution in [0, 0.1) is 0 Å². The molecule has 1 heterocycles. The van der Waals surface area contributed by atoms with Gasteiger partial charge in [0.2, 0.25) is 0 Å². The molecule has 2 rings (SSSR count). The average Bonchev–Trinajstić information content (AvgIpc) is 3.01. The van der Waals surface area contributed by atoms with Gasteiger partial charge in [-0.05, 0) is 65.1 Å². The first-order chi connectivity index (χ1) is 10.3. The fourth-order valence-corrected chi connectivity index (χ4v) is 2.66. The molecular weight excluding hydrogens is 330 g/mol. The van der Waals surface area contributed by atoms with Crippen LogP contribution in [-0.4, -0.2) is 13.2 Å². The predicted octanol–water partition coefficient (Wildman–Crippen LogP) is 4.92. The monoisotopic (exact) mass is 351 g/mol. The molecular formula is C17H22BrNO2. The molecule has 0 aliphatic heterocycles. The highest BCUT2D eigenvalue weighted by Crippen LogP contribution is 2.31. The van der Waals surface area contributed by atoms with Gasteiger partial charge in [-0.3, -0.25) is 0 Å². The largest absolute Gasteiger partial charge is 0.492 e. The lowest BCUT2D eigenvalue weighted by Crippen LogP contribution is -2.22. The van der Waals surface area contributed by atoms with Gasteiger partial charge in [0.15, 0.2) is 0 Å². The molecule has 0 fully saturated rings. The molecule has 0 bridgehead atoms. The molecule has 4 heteroatoms. The number of halogens is 1. The Morgan fingerprint density at radius 1 is 1.24 bits per heavy atom.